The zero-order valence-electron chi connectivity index (χ0n) is 8.02. The van der Waals surface area contributed by atoms with Crippen molar-refractivity contribution in [3.8, 4) is 0 Å². The Balaban J connectivity index is 2.97. The van der Waals surface area contributed by atoms with E-state index in [-0.39, 0.29) is 0 Å². The highest BCUT2D eigenvalue weighted by molar-refractivity contribution is 7.99. The van der Waals surface area contributed by atoms with E-state index in [0.29, 0.717) is 6.04 Å². The van der Waals surface area contributed by atoms with Crippen LogP contribution in [0.3, 0.4) is 0 Å². The van der Waals surface area contributed by atoms with E-state index < -0.39 is 0 Å². The first-order valence-corrected chi connectivity index (χ1v) is 5.77. The molecule has 0 heterocycles. The Morgan fingerprint density at radius 2 is 2.09 bits per heavy atom. The molecule has 0 aliphatic heterocycles. The van der Waals surface area contributed by atoms with Crippen LogP contribution in [-0.2, 0) is 0 Å². The monoisotopic (exact) mass is 175 g/mol. The first-order valence-electron chi connectivity index (χ1n) is 4.62. The highest BCUT2D eigenvalue weighted by Crippen LogP contribution is 1.98. The average Bonchev–Trinajstić information content (AvgIpc) is 1.99. The van der Waals surface area contributed by atoms with Gasteiger partial charge < -0.3 is 5.32 Å². The lowest BCUT2D eigenvalue weighted by Crippen LogP contribution is -2.27. The summed E-state index contributed by atoms with van der Waals surface area (Å²) in [4.78, 5) is 0. The van der Waals surface area contributed by atoms with Gasteiger partial charge in [0.2, 0.25) is 0 Å². The summed E-state index contributed by atoms with van der Waals surface area (Å²) in [7, 11) is 0. The molecule has 2 heteroatoms. The summed E-state index contributed by atoms with van der Waals surface area (Å²) in [5.74, 6) is 2.49. The quantitative estimate of drug-likeness (QED) is 0.597. The van der Waals surface area contributed by atoms with E-state index in [4.69, 9.17) is 0 Å². The molecule has 0 aromatic rings. The number of hydrogen-bond donors (Lipinski definition) is 1. The molecule has 0 aliphatic carbocycles. The molecule has 1 N–H and O–H groups in total. The maximum absolute atomic E-state index is 3.50. The molecule has 0 aliphatic rings. The van der Waals surface area contributed by atoms with Gasteiger partial charge in [-0.1, -0.05) is 20.3 Å². The molecular formula is C9H21NS. The maximum atomic E-state index is 3.50. The van der Waals surface area contributed by atoms with Gasteiger partial charge in [0.05, 0.1) is 0 Å². The van der Waals surface area contributed by atoms with Gasteiger partial charge in [-0.3, -0.25) is 0 Å². The standard InChI is InChI=1S/C9H21NS/c1-4-6-9(3)10-7-8-11-5-2/h9-10H,4-8H2,1-3H3. The Labute approximate surface area is 75.3 Å². The van der Waals surface area contributed by atoms with E-state index in [0.717, 1.165) is 0 Å². The van der Waals surface area contributed by atoms with Gasteiger partial charge in [-0.15, -0.1) is 0 Å². The van der Waals surface area contributed by atoms with Crippen LogP contribution in [0.4, 0.5) is 0 Å². The molecule has 1 unspecified atom stereocenters. The molecule has 68 valence electrons. The number of rotatable bonds is 7. The molecule has 1 nitrogen and oxygen atoms in total. The predicted octanol–water partition coefficient (Wildman–Crippen LogP) is 2.52. The van der Waals surface area contributed by atoms with Crippen LogP contribution in [0.25, 0.3) is 0 Å². The molecule has 1 atom stereocenters. The summed E-state index contributed by atoms with van der Waals surface area (Å²) in [5, 5.41) is 3.50. The van der Waals surface area contributed by atoms with Crippen LogP contribution in [0.2, 0.25) is 0 Å². The van der Waals surface area contributed by atoms with Crippen molar-refractivity contribution in [2.75, 3.05) is 18.1 Å². The van der Waals surface area contributed by atoms with E-state index >= 15 is 0 Å². The lowest BCUT2D eigenvalue weighted by atomic mass is 10.2. The predicted molar refractivity (Wildman–Crippen MR) is 55.4 cm³/mol. The second-order valence-electron chi connectivity index (χ2n) is 2.84. The van der Waals surface area contributed by atoms with Gasteiger partial charge in [-0.05, 0) is 19.1 Å². The third kappa shape index (κ3) is 8.21. The molecule has 0 rings (SSSR count). The summed E-state index contributed by atoms with van der Waals surface area (Å²) in [6.07, 6.45) is 2.59. The lowest BCUT2D eigenvalue weighted by molar-refractivity contribution is 0.526. The van der Waals surface area contributed by atoms with Crippen molar-refractivity contribution in [2.24, 2.45) is 0 Å². The number of hydrogen-bond acceptors (Lipinski definition) is 2. The van der Waals surface area contributed by atoms with Gasteiger partial charge in [0, 0.05) is 18.3 Å². The first kappa shape index (κ1) is 11.3. The molecule has 0 aromatic carbocycles. The normalized spacial score (nSPS) is 13.4. The highest BCUT2D eigenvalue weighted by Gasteiger charge is 1.96. The minimum atomic E-state index is 0.706. The summed E-state index contributed by atoms with van der Waals surface area (Å²) < 4.78 is 0. The first-order chi connectivity index (χ1) is 5.31. The summed E-state index contributed by atoms with van der Waals surface area (Å²) >= 11 is 2.01. The largest absolute Gasteiger partial charge is 0.313 e. The third-order valence-corrected chi connectivity index (χ3v) is 2.57. The van der Waals surface area contributed by atoms with Crippen LogP contribution in [-0.4, -0.2) is 24.1 Å². The third-order valence-electron chi connectivity index (χ3n) is 1.67. The van der Waals surface area contributed by atoms with Gasteiger partial charge in [0.15, 0.2) is 0 Å². The summed E-state index contributed by atoms with van der Waals surface area (Å²) in [6, 6.07) is 0.706. The minimum Gasteiger partial charge on any atom is -0.313 e. The zero-order chi connectivity index (χ0) is 8.53. The van der Waals surface area contributed by atoms with Crippen LogP contribution in [0, 0.1) is 0 Å². The van der Waals surface area contributed by atoms with Gasteiger partial charge in [0.1, 0.15) is 0 Å². The Morgan fingerprint density at radius 1 is 1.36 bits per heavy atom. The van der Waals surface area contributed by atoms with Crippen molar-refractivity contribution in [2.45, 2.75) is 39.7 Å². The van der Waals surface area contributed by atoms with Gasteiger partial charge in [-0.25, -0.2) is 0 Å². The SMILES string of the molecule is CCCC(C)NCCSCC. The summed E-state index contributed by atoms with van der Waals surface area (Å²) in [5.41, 5.74) is 0. The average molecular weight is 175 g/mol. The molecule has 0 radical (unpaired) electrons. The van der Waals surface area contributed by atoms with E-state index in [1.54, 1.807) is 0 Å². The van der Waals surface area contributed by atoms with Crippen LogP contribution in [0.15, 0.2) is 0 Å². The van der Waals surface area contributed by atoms with Crippen molar-refractivity contribution >= 4 is 11.8 Å². The molecule has 0 spiro atoms. The topological polar surface area (TPSA) is 12.0 Å². The maximum Gasteiger partial charge on any atom is 0.00580 e. The minimum absolute atomic E-state index is 0.706. The molecule has 0 aromatic heterocycles. The van der Waals surface area contributed by atoms with Crippen molar-refractivity contribution in [3.63, 3.8) is 0 Å². The van der Waals surface area contributed by atoms with E-state index in [1.807, 2.05) is 11.8 Å². The van der Waals surface area contributed by atoms with Crippen LogP contribution >= 0.6 is 11.8 Å². The smallest absolute Gasteiger partial charge is 0.00580 e. The fourth-order valence-corrected chi connectivity index (χ4v) is 1.61. The van der Waals surface area contributed by atoms with E-state index in [9.17, 15) is 0 Å². The van der Waals surface area contributed by atoms with Crippen LogP contribution in [0.1, 0.15) is 33.6 Å². The van der Waals surface area contributed by atoms with Crippen molar-refractivity contribution in [1.29, 1.82) is 0 Å². The molecule has 0 saturated heterocycles. The van der Waals surface area contributed by atoms with Gasteiger partial charge in [-0.2, -0.15) is 11.8 Å². The van der Waals surface area contributed by atoms with Crippen LogP contribution in [0.5, 0.6) is 0 Å². The second-order valence-corrected chi connectivity index (χ2v) is 4.23. The van der Waals surface area contributed by atoms with Gasteiger partial charge >= 0.3 is 0 Å². The van der Waals surface area contributed by atoms with Crippen molar-refractivity contribution in [1.82, 2.24) is 5.32 Å². The zero-order valence-corrected chi connectivity index (χ0v) is 8.84. The molecule has 0 saturated carbocycles. The van der Waals surface area contributed by atoms with Crippen LogP contribution < -0.4 is 5.32 Å². The molecule has 0 fully saturated rings. The van der Waals surface area contributed by atoms with Gasteiger partial charge in [0.25, 0.3) is 0 Å². The van der Waals surface area contributed by atoms with E-state index in [1.165, 1.54) is 30.9 Å². The number of thioether (sulfide) groups is 1. The highest BCUT2D eigenvalue weighted by atomic mass is 32.2. The Morgan fingerprint density at radius 3 is 2.64 bits per heavy atom. The Bertz CT molecular complexity index is 76.0. The summed E-state index contributed by atoms with van der Waals surface area (Å²) in [6.45, 7) is 7.87. The Kier molecular flexibility index (Phi) is 8.64. The molecule has 11 heavy (non-hydrogen) atoms. The van der Waals surface area contributed by atoms with Crippen molar-refractivity contribution in [3.05, 3.63) is 0 Å². The second kappa shape index (κ2) is 8.41. The number of nitrogens with one attached hydrogen (secondary N) is 1. The fourth-order valence-electron chi connectivity index (χ4n) is 1.06. The lowest BCUT2D eigenvalue weighted by Gasteiger charge is -2.11. The fraction of sp³-hybridized carbons (Fsp3) is 1.00. The van der Waals surface area contributed by atoms with E-state index in [2.05, 4.69) is 26.1 Å². The Hall–Kier alpha value is 0.310. The molecule has 0 amide bonds. The molecular weight excluding hydrogens is 154 g/mol. The van der Waals surface area contributed by atoms with Crippen molar-refractivity contribution < 1.29 is 0 Å². The molecule has 0 bridgehead atoms.